The van der Waals surface area contributed by atoms with Gasteiger partial charge in [0, 0.05) is 11.6 Å². The zero-order valence-electron chi connectivity index (χ0n) is 11.0. The van der Waals surface area contributed by atoms with E-state index < -0.39 is 0 Å². The monoisotopic (exact) mass is 280 g/mol. The van der Waals surface area contributed by atoms with Crippen LogP contribution >= 0.6 is 0 Å². The fourth-order valence-electron chi connectivity index (χ4n) is 2.70. The Morgan fingerprint density at radius 1 is 1.05 bits per heavy atom. The molecule has 2 aromatic carbocycles. The van der Waals surface area contributed by atoms with Crippen LogP contribution in [0.4, 0.5) is 0 Å². The number of phenolic OH excluding ortho intramolecular Hbond substituents is 2. The van der Waals surface area contributed by atoms with Gasteiger partial charge in [-0.05, 0) is 29.7 Å². The van der Waals surface area contributed by atoms with Crippen molar-refractivity contribution in [1.29, 1.82) is 0 Å². The van der Waals surface area contributed by atoms with Gasteiger partial charge in [0.1, 0.15) is 11.5 Å². The summed E-state index contributed by atoms with van der Waals surface area (Å²) in [6.07, 6.45) is 0.903. The minimum atomic E-state index is -0.0428. The van der Waals surface area contributed by atoms with Crippen molar-refractivity contribution in [3.05, 3.63) is 59.4 Å². The minimum Gasteiger partial charge on any atom is -0.508 e. The number of hydrogen-bond acceptors (Lipinski definition) is 5. The van der Waals surface area contributed by atoms with Gasteiger partial charge < -0.3 is 14.7 Å². The van der Waals surface area contributed by atoms with Crippen LogP contribution in [-0.2, 0) is 6.42 Å². The highest BCUT2D eigenvalue weighted by atomic mass is 16.5. The fraction of sp³-hybridized carbons (Fsp3) is 0.125. The van der Waals surface area contributed by atoms with Crippen molar-refractivity contribution in [3.63, 3.8) is 0 Å². The minimum absolute atomic E-state index is 0.0428. The van der Waals surface area contributed by atoms with Crippen LogP contribution in [0.25, 0.3) is 11.5 Å². The van der Waals surface area contributed by atoms with Gasteiger partial charge in [-0.3, -0.25) is 0 Å². The summed E-state index contributed by atoms with van der Waals surface area (Å²) in [6.45, 7) is 0. The maximum Gasteiger partial charge on any atom is 0.258 e. The highest BCUT2D eigenvalue weighted by molar-refractivity contribution is 5.59. The van der Waals surface area contributed by atoms with E-state index in [0.29, 0.717) is 17.3 Å². The van der Waals surface area contributed by atoms with Crippen LogP contribution in [0, 0.1) is 0 Å². The molecule has 0 bridgehead atoms. The van der Waals surface area contributed by atoms with Crippen molar-refractivity contribution in [1.82, 2.24) is 10.1 Å². The first-order valence-electron chi connectivity index (χ1n) is 6.65. The molecule has 0 radical (unpaired) electrons. The van der Waals surface area contributed by atoms with E-state index in [9.17, 15) is 10.2 Å². The molecular weight excluding hydrogens is 268 g/mol. The number of phenols is 2. The number of hydrogen-bond donors (Lipinski definition) is 2. The molecule has 0 aliphatic heterocycles. The number of aromatic hydroxyl groups is 2. The van der Waals surface area contributed by atoms with Crippen LogP contribution in [0.5, 0.6) is 11.5 Å². The Kier molecular flexibility index (Phi) is 2.47. The number of rotatable bonds is 2. The first-order chi connectivity index (χ1) is 10.2. The smallest absolute Gasteiger partial charge is 0.258 e. The van der Waals surface area contributed by atoms with Crippen LogP contribution in [0.3, 0.4) is 0 Å². The van der Waals surface area contributed by atoms with Crippen molar-refractivity contribution in [2.75, 3.05) is 0 Å². The highest BCUT2D eigenvalue weighted by Gasteiger charge is 2.31. The van der Waals surface area contributed by atoms with E-state index in [2.05, 4.69) is 22.3 Å². The van der Waals surface area contributed by atoms with Gasteiger partial charge >= 0.3 is 0 Å². The maximum atomic E-state index is 9.51. The lowest BCUT2D eigenvalue weighted by atomic mass is 9.77. The van der Waals surface area contributed by atoms with Gasteiger partial charge in [-0.1, -0.05) is 29.4 Å². The van der Waals surface area contributed by atoms with Gasteiger partial charge in [0.25, 0.3) is 5.89 Å². The second kappa shape index (κ2) is 4.34. The first-order valence-corrected chi connectivity index (χ1v) is 6.65. The Hall–Kier alpha value is -2.82. The van der Waals surface area contributed by atoms with Crippen LogP contribution in [-0.4, -0.2) is 20.4 Å². The fourth-order valence-corrected chi connectivity index (χ4v) is 2.70. The molecule has 0 fully saturated rings. The molecule has 1 aromatic heterocycles. The van der Waals surface area contributed by atoms with E-state index in [0.717, 1.165) is 6.42 Å². The Bertz CT molecular complexity index is 806. The molecule has 1 atom stereocenters. The lowest BCUT2D eigenvalue weighted by molar-refractivity contribution is 0.414. The largest absolute Gasteiger partial charge is 0.508 e. The third kappa shape index (κ3) is 1.94. The molecular formula is C16H12N2O3. The van der Waals surface area contributed by atoms with E-state index in [1.807, 2.05) is 12.1 Å². The lowest BCUT2D eigenvalue weighted by Gasteiger charge is -2.27. The quantitative estimate of drug-likeness (QED) is 0.754. The van der Waals surface area contributed by atoms with E-state index in [1.165, 1.54) is 29.3 Å². The molecule has 0 saturated carbocycles. The van der Waals surface area contributed by atoms with Crippen LogP contribution in [0.1, 0.15) is 22.9 Å². The molecule has 0 spiro atoms. The predicted octanol–water partition coefficient (Wildman–Crippen LogP) is 2.84. The third-order valence-corrected chi connectivity index (χ3v) is 3.76. The van der Waals surface area contributed by atoms with E-state index >= 15 is 0 Å². The number of fused-ring (bicyclic) bond motifs is 1. The molecule has 5 heteroatoms. The van der Waals surface area contributed by atoms with Crippen molar-refractivity contribution in [2.24, 2.45) is 0 Å². The molecule has 5 nitrogen and oxygen atoms in total. The average molecular weight is 280 g/mol. The Morgan fingerprint density at radius 3 is 2.57 bits per heavy atom. The molecule has 104 valence electrons. The normalized spacial score (nSPS) is 16.3. The van der Waals surface area contributed by atoms with Gasteiger partial charge in [-0.15, -0.1) is 0 Å². The Labute approximate surface area is 120 Å². The second-order valence-electron chi connectivity index (χ2n) is 5.15. The molecule has 1 heterocycles. The average Bonchev–Trinajstić information content (AvgIpc) is 2.88. The molecule has 0 amide bonds. The summed E-state index contributed by atoms with van der Waals surface area (Å²) in [4.78, 5) is 4.38. The summed E-state index contributed by atoms with van der Waals surface area (Å²) >= 11 is 0. The topological polar surface area (TPSA) is 79.4 Å². The molecule has 1 aliphatic rings. The molecule has 4 rings (SSSR count). The van der Waals surface area contributed by atoms with E-state index in [1.54, 1.807) is 0 Å². The molecule has 0 saturated heterocycles. The number of nitrogens with zero attached hydrogens (tertiary/aromatic N) is 2. The SMILES string of the molecule is Oc1cc(O)cc(-c2nc(C3Cc4ccccc43)no2)c1. The van der Waals surface area contributed by atoms with Crippen LogP contribution in [0.2, 0.25) is 0 Å². The van der Waals surface area contributed by atoms with Gasteiger partial charge in [0.15, 0.2) is 5.82 Å². The second-order valence-corrected chi connectivity index (χ2v) is 5.15. The zero-order valence-corrected chi connectivity index (χ0v) is 11.0. The van der Waals surface area contributed by atoms with Gasteiger partial charge in [0.05, 0.1) is 5.92 Å². The van der Waals surface area contributed by atoms with Crippen LogP contribution < -0.4 is 0 Å². The molecule has 3 aromatic rings. The maximum absolute atomic E-state index is 9.51. The molecule has 21 heavy (non-hydrogen) atoms. The summed E-state index contributed by atoms with van der Waals surface area (Å²) in [5.74, 6) is 0.995. The summed E-state index contributed by atoms with van der Waals surface area (Å²) in [7, 11) is 0. The van der Waals surface area contributed by atoms with Crippen molar-refractivity contribution >= 4 is 0 Å². The molecule has 1 aliphatic carbocycles. The molecule has 2 N–H and O–H groups in total. The zero-order chi connectivity index (χ0) is 14.4. The Morgan fingerprint density at radius 2 is 1.81 bits per heavy atom. The summed E-state index contributed by atoms with van der Waals surface area (Å²) < 4.78 is 5.25. The van der Waals surface area contributed by atoms with E-state index in [-0.39, 0.29) is 17.4 Å². The van der Waals surface area contributed by atoms with Gasteiger partial charge in [-0.25, -0.2) is 0 Å². The summed E-state index contributed by atoms with van der Waals surface area (Å²) in [5, 5.41) is 23.0. The van der Waals surface area contributed by atoms with Gasteiger partial charge in [0.2, 0.25) is 0 Å². The predicted molar refractivity (Wildman–Crippen MR) is 75.1 cm³/mol. The van der Waals surface area contributed by atoms with Gasteiger partial charge in [-0.2, -0.15) is 4.98 Å². The number of aromatic nitrogens is 2. The highest BCUT2D eigenvalue weighted by Crippen LogP contribution is 2.39. The molecule has 1 unspecified atom stereocenters. The standard InChI is InChI=1S/C16H12N2O3/c19-11-5-10(6-12(20)8-11)16-17-15(18-21-16)14-7-9-3-1-2-4-13(9)14/h1-6,8,14,19-20H,7H2. The van der Waals surface area contributed by atoms with E-state index in [4.69, 9.17) is 4.52 Å². The number of benzene rings is 2. The first kappa shape index (κ1) is 12.0. The van der Waals surface area contributed by atoms with Crippen molar-refractivity contribution in [3.8, 4) is 23.0 Å². The summed E-state index contributed by atoms with van der Waals surface area (Å²) in [6, 6.07) is 12.4. The van der Waals surface area contributed by atoms with Crippen molar-refractivity contribution in [2.45, 2.75) is 12.3 Å². The Balaban J connectivity index is 1.68. The summed E-state index contributed by atoms with van der Waals surface area (Å²) in [5.41, 5.74) is 3.03. The van der Waals surface area contributed by atoms with Crippen molar-refractivity contribution < 1.29 is 14.7 Å². The third-order valence-electron chi connectivity index (χ3n) is 3.76. The van der Waals surface area contributed by atoms with Crippen LogP contribution in [0.15, 0.2) is 47.0 Å². The lowest BCUT2D eigenvalue weighted by Crippen LogP contribution is -2.19.